The molecule has 0 fully saturated rings. The van der Waals surface area contributed by atoms with Gasteiger partial charge in [-0.15, -0.1) is 11.3 Å². The molecule has 0 radical (unpaired) electrons. The largest absolute Gasteiger partial charge is 0.382 e. The molecular weight excluding hydrogens is 340 g/mol. The standard InChI is InChI=1S/C10H17BrN2O3S2/c1-2-16-5-3-4-13-18(14,15)9-6-8(7-12)17-10(9)11/h6,13H,2-5,7,12H2,1H3. The minimum Gasteiger partial charge on any atom is -0.382 e. The van der Waals surface area contributed by atoms with E-state index in [1.165, 1.54) is 11.3 Å². The van der Waals surface area contributed by atoms with Crippen molar-refractivity contribution < 1.29 is 13.2 Å². The SMILES string of the molecule is CCOCCCNS(=O)(=O)c1cc(CN)sc1Br. The summed E-state index contributed by atoms with van der Waals surface area (Å²) in [6.07, 6.45) is 0.651. The minimum absolute atomic E-state index is 0.254. The van der Waals surface area contributed by atoms with Gasteiger partial charge in [0.25, 0.3) is 0 Å². The highest BCUT2D eigenvalue weighted by atomic mass is 79.9. The lowest BCUT2D eigenvalue weighted by molar-refractivity contribution is 0.146. The second-order valence-corrected chi connectivity index (χ2v) is 7.69. The van der Waals surface area contributed by atoms with Crippen LogP contribution in [0.2, 0.25) is 0 Å². The molecule has 0 amide bonds. The molecule has 5 nitrogen and oxygen atoms in total. The van der Waals surface area contributed by atoms with Crippen LogP contribution in [-0.2, 0) is 21.3 Å². The van der Waals surface area contributed by atoms with E-state index in [9.17, 15) is 8.42 Å². The molecule has 0 atom stereocenters. The van der Waals surface area contributed by atoms with E-state index in [2.05, 4.69) is 20.7 Å². The molecule has 8 heteroatoms. The summed E-state index contributed by atoms with van der Waals surface area (Å²) >= 11 is 4.58. The van der Waals surface area contributed by atoms with E-state index in [1.807, 2.05) is 6.92 Å². The first kappa shape index (κ1) is 16.1. The molecule has 0 aliphatic carbocycles. The lowest BCUT2D eigenvalue weighted by atomic mass is 10.5. The molecule has 104 valence electrons. The van der Waals surface area contributed by atoms with E-state index in [0.29, 0.717) is 36.5 Å². The van der Waals surface area contributed by atoms with Crippen molar-refractivity contribution in [3.05, 3.63) is 14.7 Å². The number of thiophene rings is 1. The Balaban J connectivity index is 2.60. The number of hydrogen-bond acceptors (Lipinski definition) is 5. The van der Waals surface area contributed by atoms with Gasteiger partial charge in [0.2, 0.25) is 10.0 Å². The first-order valence-electron chi connectivity index (χ1n) is 5.57. The molecule has 0 bridgehead atoms. The van der Waals surface area contributed by atoms with Crippen molar-refractivity contribution in [3.8, 4) is 0 Å². The van der Waals surface area contributed by atoms with E-state index < -0.39 is 10.0 Å². The van der Waals surface area contributed by atoms with Crippen LogP contribution in [0, 0.1) is 0 Å². The summed E-state index contributed by atoms with van der Waals surface area (Å²) in [5.74, 6) is 0. The molecular formula is C10H17BrN2O3S2. The molecule has 0 spiro atoms. The number of nitrogens with two attached hydrogens (primary N) is 1. The Morgan fingerprint density at radius 3 is 2.83 bits per heavy atom. The Hall–Kier alpha value is 0.01000. The Kier molecular flexibility index (Phi) is 6.75. The number of rotatable bonds is 8. The van der Waals surface area contributed by atoms with Gasteiger partial charge in [-0.2, -0.15) is 0 Å². The van der Waals surface area contributed by atoms with Crippen LogP contribution in [0.5, 0.6) is 0 Å². The lowest BCUT2D eigenvalue weighted by Gasteiger charge is -2.05. The summed E-state index contributed by atoms with van der Waals surface area (Å²) in [4.78, 5) is 1.08. The van der Waals surface area contributed by atoms with Gasteiger partial charge in [0.1, 0.15) is 4.90 Å². The van der Waals surface area contributed by atoms with Gasteiger partial charge < -0.3 is 10.5 Å². The third-order valence-corrected chi connectivity index (χ3v) is 5.89. The van der Waals surface area contributed by atoms with Crippen LogP contribution >= 0.6 is 27.3 Å². The third-order valence-electron chi connectivity index (χ3n) is 2.16. The maximum absolute atomic E-state index is 12.0. The van der Waals surface area contributed by atoms with Crippen molar-refractivity contribution in [2.75, 3.05) is 19.8 Å². The molecule has 0 aliphatic heterocycles. The van der Waals surface area contributed by atoms with Crippen molar-refractivity contribution in [2.45, 2.75) is 24.8 Å². The van der Waals surface area contributed by atoms with Gasteiger partial charge in [-0.3, -0.25) is 0 Å². The van der Waals surface area contributed by atoms with Gasteiger partial charge in [0.15, 0.2) is 0 Å². The fourth-order valence-corrected chi connectivity index (χ4v) is 4.92. The van der Waals surface area contributed by atoms with E-state index in [-0.39, 0.29) is 4.90 Å². The quantitative estimate of drug-likeness (QED) is 0.694. The normalized spacial score (nSPS) is 11.9. The maximum Gasteiger partial charge on any atom is 0.242 e. The van der Waals surface area contributed by atoms with Crippen molar-refractivity contribution in [2.24, 2.45) is 5.73 Å². The molecule has 0 aromatic carbocycles. The van der Waals surface area contributed by atoms with E-state index in [0.717, 1.165) is 4.88 Å². The van der Waals surface area contributed by atoms with Crippen LogP contribution in [-0.4, -0.2) is 28.2 Å². The Morgan fingerprint density at radius 1 is 1.56 bits per heavy atom. The highest BCUT2D eigenvalue weighted by Gasteiger charge is 2.19. The Morgan fingerprint density at radius 2 is 2.28 bits per heavy atom. The van der Waals surface area contributed by atoms with Crippen molar-refractivity contribution in [1.82, 2.24) is 4.72 Å². The summed E-state index contributed by atoms with van der Waals surface area (Å²) in [6.45, 7) is 3.80. The Labute approximate surface area is 120 Å². The van der Waals surface area contributed by atoms with Crippen LogP contribution < -0.4 is 10.5 Å². The topological polar surface area (TPSA) is 81.4 Å². The van der Waals surface area contributed by atoms with E-state index in [4.69, 9.17) is 10.5 Å². The van der Waals surface area contributed by atoms with Crippen LogP contribution in [0.1, 0.15) is 18.2 Å². The van der Waals surface area contributed by atoms with Gasteiger partial charge in [-0.05, 0) is 35.3 Å². The molecule has 0 aliphatic rings. The van der Waals surface area contributed by atoms with Crippen molar-refractivity contribution >= 4 is 37.3 Å². The monoisotopic (exact) mass is 356 g/mol. The second kappa shape index (κ2) is 7.56. The smallest absolute Gasteiger partial charge is 0.242 e. The zero-order chi connectivity index (χ0) is 13.6. The zero-order valence-electron chi connectivity index (χ0n) is 10.1. The average Bonchev–Trinajstić information content (AvgIpc) is 2.71. The van der Waals surface area contributed by atoms with Crippen LogP contribution in [0.25, 0.3) is 0 Å². The second-order valence-electron chi connectivity index (χ2n) is 3.50. The highest BCUT2D eigenvalue weighted by Crippen LogP contribution is 2.31. The van der Waals surface area contributed by atoms with E-state index >= 15 is 0 Å². The molecule has 18 heavy (non-hydrogen) atoms. The number of halogens is 1. The van der Waals surface area contributed by atoms with Crippen molar-refractivity contribution in [1.29, 1.82) is 0 Å². The first-order valence-corrected chi connectivity index (χ1v) is 8.66. The van der Waals surface area contributed by atoms with Gasteiger partial charge in [0, 0.05) is 31.2 Å². The number of hydrogen-bond donors (Lipinski definition) is 2. The number of ether oxygens (including phenoxy) is 1. The predicted molar refractivity (Wildman–Crippen MR) is 76.2 cm³/mol. The summed E-state index contributed by atoms with van der Waals surface area (Å²) in [5, 5.41) is 0. The van der Waals surface area contributed by atoms with Crippen molar-refractivity contribution in [3.63, 3.8) is 0 Å². The van der Waals surface area contributed by atoms with Gasteiger partial charge in [0.05, 0.1) is 3.79 Å². The summed E-state index contributed by atoms with van der Waals surface area (Å²) < 4.78 is 32.3. The number of nitrogens with one attached hydrogen (secondary N) is 1. The van der Waals surface area contributed by atoms with Gasteiger partial charge in [-0.25, -0.2) is 13.1 Å². The highest BCUT2D eigenvalue weighted by molar-refractivity contribution is 9.11. The number of sulfonamides is 1. The average molecular weight is 357 g/mol. The molecule has 1 heterocycles. The zero-order valence-corrected chi connectivity index (χ0v) is 13.3. The minimum atomic E-state index is -3.46. The first-order chi connectivity index (χ1) is 8.51. The molecule has 1 rings (SSSR count). The molecule has 3 N–H and O–H groups in total. The predicted octanol–water partition coefficient (Wildman–Crippen LogP) is 1.67. The molecule has 0 saturated heterocycles. The molecule has 1 aromatic heterocycles. The fraction of sp³-hybridized carbons (Fsp3) is 0.600. The molecule has 0 unspecified atom stereocenters. The summed E-state index contributed by atoms with van der Waals surface area (Å²) in [7, 11) is -3.46. The molecule has 0 saturated carbocycles. The summed E-state index contributed by atoms with van der Waals surface area (Å²) in [6, 6.07) is 1.60. The van der Waals surface area contributed by atoms with E-state index in [1.54, 1.807) is 6.07 Å². The van der Waals surface area contributed by atoms with Gasteiger partial charge in [-0.1, -0.05) is 0 Å². The fourth-order valence-electron chi connectivity index (χ4n) is 1.28. The van der Waals surface area contributed by atoms with Gasteiger partial charge >= 0.3 is 0 Å². The molecule has 1 aromatic rings. The van der Waals surface area contributed by atoms with Crippen LogP contribution in [0.3, 0.4) is 0 Å². The third kappa shape index (κ3) is 4.60. The maximum atomic E-state index is 12.0. The summed E-state index contributed by atoms with van der Waals surface area (Å²) in [5.41, 5.74) is 5.49. The Bertz CT molecular complexity index is 473. The van der Waals surface area contributed by atoms with Crippen LogP contribution in [0.15, 0.2) is 14.7 Å². The lowest BCUT2D eigenvalue weighted by Crippen LogP contribution is -2.25. The van der Waals surface area contributed by atoms with Crippen LogP contribution in [0.4, 0.5) is 0 Å².